The summed E-state index contributed by atoms with van der Waals surface area (Å²) in [5, 5.41) is 9.51. The zero-order valence-electron chi connectivity index (χ0n) is 16.6. The maximum absolute atomic E-state index is 12.3. The van der Waals surface area contributed by atoms with Crippen LogP contribution in [0.2, 0.25) is 0 Å². The van der Waals surface area contributed by atoms with Gasteiger partial charge in [-0.2, -0.15) is 5.26 Å². The van der Waals surface area contributed by atoms with E-state index in [1.165, 1.54) is 13.2 Å². The summed E-state index contributed by atoms with van der Waals surface area (Å²) in [7, 11) is 2.86. The number of methoxy groups -OCH3 is 2. The number of hydrogen-bond donors (Lipinski definition) is 1. The molecule has 2 N–H and O–H groups in total. The third-order valence-electron chi connectivity index (χ3n) is 5.20. The molecule has 1 aliphatic rings. The molecule has 0 saturated carbocycles. The van der Waals surface area contributed by atoms with Crippen molar-refractivity contribution in [3.8, 4) is 11.8 Å². The Hall–Kier alpha value is -3.60. The van der Waals surface area contributed by atoms with Crippen LogP contribution < -0.4 is 15.4 Å². The minimum Gasteiger partial charge on any atom is -0.497 e. The molecule has 29 heavy (non-hydrogen) atoms. The van der Waals surface area contributed by atoms with Crippen molar-refractivity contribution in [2.45, 2.75) is 13.3 Å². The molecule has 2 heterocycles. The van der Waals surface area contributed by atoms with Gasteiger partial charge in [-0.25, -0.2) is 9.78 Å². The van der Waals surface area contributed by atoms with E-state index >= 15 is 0 Å². The number of anilines is 1. The van der Waals surface area contributed by atoms with E-state index in [0.29, 0.717) is 36.8 Å². The van der Waals surface area contributed by atoms with Crippen molar-refractivity contribution in [1.82, 2.24) is 4.98 Å². The third-order valence-corrected chi connectivity index (χ3v) is 5.20. The summed E-state index contributed by atoms with van der Waals surface area (Å²) >= 11 is 0. The molecule has 1 amide bonds. The summed E-state index contributed by atoms with van der Waals surface area (Å²) in [4.78, 5) is 30.4. The first-order valence-corrected chi connectivity index (χ1v) is 9.01. The van der Waals surface area contributed by atoms with E-state index < -0.39 is 17.3 Å². The van der Waals surface area contributed by atoms with Crippen LogP contribution in [0.4, 0.5) is 5.82 Å². The number of rotatable bonds is 6. The van der Waals surface area contributed by atoms with Gasteiger partial charge in [0.05, 0.1) is 36.5 Å². The Kier molecular flexibility index (Phi) is 5.41. The lowest BCUT2D eigenvalue weighted by molar-refractivity contribution is -0.129. The van der Waals surface area contributed by atoms with Gasteiger partial charge in [0, 0.05) is 13.1 Å². The molecule has 3 rings (SSSR count). The Bertz CT molecular complexity index is 1010. The normalized spacial score (nSPS) is 14.5. The van der Waals surface area contributed by atoms with Crippen LogP contribution in [0.15, 0.2) is 30.3 Å². The van der Waals surface area contributed by atoms with E-state index in [1.807, 2.05) is 29.2 Å². The zero-order chi connectivity index (χ0) is 21.2. The van der Waals surface area contributed by atoms with Crippen molar-refractivity contribution in [2.24, 2.45) is 11.1 Å². The number of amides is 1. The maximum Gasteiger partial charge on any atom is 0.339 e. The number of aryl methyl sites for hydroxylation is 1. The van der Waals surface area contributed by atoms with Gasteiger partial charge in [-0.15, -0.1) is 0 Å². The lowest BCUT2D eigenvalue weighted by Crippen LogP contribution is -2.64. The van der Waals surface area contributed by atoms with Crippen LogP contribution in [0.3, 0.4) is 0 Å². The van der Waals surface area contributed by atoms with Gasteiger partial charge in [-0.05, 0) is 37.1 Å². The van der Waals surface area contributed by atoms with Crippen LogP contribution >= 0.6 is 0 Å². The van der Waals surface area contributed by atoms with Crippen LogP contribution in [-0.4, -0.2) is 44.2 Å². The summed E-state index contributed by atoms with van der Waals surface area (Å²) in [5.74, 6) is 0.185. The highest BCUT2D eigenvalue weighted by atomic mass is 16.5. The highest BCUT2D eigenvalue weighted by molar-refractivity contribution is 5.92. The molecule has 150 valence electrons. The van der Waals surface area contributed by atoms with Crippen LogP contribution in [-0.2, 0) is 16.0 Å². The van der Waals surface area contributed by atoms with Gasteiger partial charge < -0.3 is 20.1 Å². The number of aromatic nitrogens is 1. The van der Waals surface area contributed by atoms with Gasteiger partial charge >= 0.3 is 5.97 Å². The van der Waals surface area contributed by atoms with Crippen molar-refractivity contribution in [2.75, 3.05) is 32.2 Å². The van der Waals surface area contributed by atoms with Crippen LogP contribution in [0.5, 0.6) is 5.75 Å². The SMILES string of the molecule is COC(=O)c1cc(C#N)c(N2CC(Cc3cccc(OC)c3)(C(N)=O)C2)nc1C. The fourth-order valence-corrected chi connectivity index (χ4v) is 3.59. The van der Waals surface area contributed by atoms with E-state index in [0.717, 1.165) is 5.56 Å². The molecular formula is C21H22N4O4. The number of nitriles is 1. The second-order valence-electron chi connectivity index (χ2n) is 7.12. The van der Waals surface area contributed by atoms with E-state index in [2.05, 4.69) is 11.1 Å². The molecule has 8 heteroatoms. The first-order valence-electron chi connectivity index (χ1n) is 9.01. The molecule has 0 aliphatic carbocycles. The highest BCUT2D eigenvalue weighted by Crippen LogP contribution is 2.38. The number of hydrogen-bond acceptors (Lipinski definition) is 7. The summed E-state index contributed by atoms with van der Waals surface area (Å²) in [6.45, 7) is 2.34. The van der Waals surface area contributed by atoms with E-state index in [-0.39, 0.29) is 11.1 Å². The maximum atomic E-state index is 12.3. The van der Waals surface area contributed by atoms with Crippen molar-refractivity contribution < 1.29 is 19.1 Å². The molecule has 0 atom stereocenters. The number of ether oxygens (including phenoxy) is 2. The summed E-state index contributed by atoms with van der Waals surface area (Å²) < 4.78 is 9.98. The average molecular weight is 394 g/mol. The molecule has 1 saturated heterocycles. The van der Waals surface area contributed by atoms with Crippen molar-refractivity contribution >= 4 is 17.7 Å². The van der Waals surface area contributed by atoms with E-state index in [9.17, 15) is 14.9 Å². The number of primary amides is 1. The Labute approximate surface area is 168 Å². The highest BCUT2D eigenvalue weighted by Gasteiger charge is 2.49. The van der Waals surface area contributed by atoms with Crippen LogP contribution in [0.25, 0.3) is 0 Å². The predicted octanol–water partition coefficient (Wildman–Crippen LogP) is 1.59. The minimum atomic E-state index is -0.768. The Morgan fingerprint density at radius 1 is 1.31 bits per heavy atom. The second-order valence-corrected chi connectivity index (χ2v) is 7.12. The first-order chi connectivity index (χ1) is 13.8. The molecular weight excluding hydrogens is 372 g/mol. The summed E-state index contributed by atoms with van der Waals surface area (Å²) in [6, 6.07) is 11.0. The Morgan fingerprint density at radius 2 is 2.03 bits per heavy atom. The number of benzene rings is 1. The molecule has 8 nitrogen and oxygen atoms in total. The Morgan fingerprint density at radius 3 is 2.62 bits per heavy atom. The van der Waals surface area contributed by atoms with Gasteiger partial charge in [-0.1, -0.05) is 12.1 Å². The molecule has 0 spiro atoms. The number of esters is 1. The van der Waals surface area contributed by atoms with Gasteiger partial charge in [-0.3, -0.25) is 4.79 Å². The monoisotopic (exact) mass is 394 g/mol. The molecule has 0 bridgehead atoms. The summed E-state index contributed by atoms with van der Waals surface area (Å²) in [6.07, 6.45) is 0.456. The number of nitrogens with zero attached hydrogens (tertiary/aromatic N) is 3. The topological polar surface area (TPSA) is 119 Å². The van der Waals surface area contributed by atoms with Crippen molar-refractivity contribution in [1.29, 1.82) is 5.26 Å². The third kappa shape index (κ3) is 3.72. The number of pyridine rings is 1. The van der Waals surface area contributed by atoms with Gasteiger partial charge in [0.1, 0.15) is 17.6 Å². The average Bonchev–Trinajstić information content (AvgIpc) is 2.69. The van der Waals surface area contributed by atoms with E-state index in [4.69, 9.17) is 15.2 Å². The minimum absolute atomic E-state index is 0.242. The quantitative estimate of drug-likeness (QED) is 0.739. The molecule has 1 aliphatic heterocycles. The molecule has 1 aromatic heterocycles. The second kappa shape index (κ2) is 7.80. The fourth-order valence-electron chi connectivity index (χ4n) is 3.59. The zero-order valence-corrected chi connectivity index (χ0v) is 16.6. The van der Waals surface area contributed by atoms with E-state index in [1.54, 1.807) is 14.0 Å². The fraction of sp³-hybridized carbons (Fsp3) is 0.333. The van der Waals surface area contributed by atoms with Crippen LogP contribution in [0.1, 0.15) is 27.2 Å². The first kappa shape index (κ1) is 20.1. The predicted molar refractivity (Wildman–Crippen MR) is 106 cm³/mol. The molecule has 0 radical (unpaired) electrons. The van der Waals surface area contributed by atoms with Gasteiger partial charge in [0.15, 0.2) is 0 Å². The molecule has 2 aromatic rings. The van der Waals surface area contributed by atoms with Crippen LogP contribution in [0, 0.1) is 23.7 Å². The number of nitrogens with two attached hydrogens (primary N) is 1. The van der Waals surface area contributed by atoms with Crippen molar-refractivity contribution in [3.63, 3.8) is 0 Å². The lowest BCUT2D eigenvalue weighted by Gasteiger charge is -2.49. The molecule has 1 aromatic carbocycles. The summed E-state index contributed by atoms with van der Waals surface area (Å²) in [5.41, 5.74) is 6.84. The molecule has 0 unspecified atom stereocenters. The number of carbonyl (C=O) groups is 2. The Balaban J connectivity index is 1.87. The lowest BCUT2D eigenvalue weighted by atomic mass is 9.74. The molecule has 1 fully saturated rings. The largest absolute Gasteiger partial charge is 0.497 e. The van der Waals surface area contributed by atoms with Gasteiger partial charge in [0.2, 0.25) is 5.91 Å². The van der Waals surface area contributed by atoms with Gasteiger partial charge in [0.25, 0.3) is 0 Å². The number of carbonyl (C=O) groups excluding carboxylic acids is 2. The van der Waals surface area contributed by atoms with Crippen molar-refractivity contribution in [3.05, 3.63) is 52.7 Å². The smallest absolute Gasteiger partial charge is 0.339 e. The standard InChI is InChI=1S/C21H22N4O4/c1-13-17(19(26)29-3)8-15(10-22)18(24-13)25-11-21(12-25,20(23)27)9-14-5-4-6-16(7-14)28-2/h4-8H,9,11-12H2,1-3H3,(H2,23,27).